The quantitative estimate of drug-likeness (QED) is 0.326. The van der Waals surface area contributed by atoms with Gasteiger partial charge in [-0.15, -0.1) is 0 Å². The summed E-state index contributed by atoms with van der Waals surface area (Å²) in [6, 6.07) is 28.1. The lowest BCUT2D eigenvalue weighted by Crippen LogP contribution is -2.51. The van der Waals surface area contributed by atoms with E-state index in [1.807, 2.05) is 36.4 Å². The first-order valence-corrected chi connectivity index (χ1v) is 15.4. The highest BCUT2D eigenvalue weighted by atomic mass is 35.5. The molecule has 0 bridgehead atoms. The summed E-state index contributed by atoms with van der Waals surface area (Å²) in [5.74, 6) is -0.147. The predicted octanol–water partition coefficient (Wildman–Crippen LogP) is 4.86. The van der Waals surface area contributed by atoms with E-state index in [1.54, 1.807) is 53.4 Å². The number of ether oxygens (including phenoxy) is 1. The van der Waals surface area contributed by atoms with Crippen LogP contribution in [0.3, 0.4) is 0 Å². The fraction of sp³-hybridized carbons (Fsp3) is 0.188. The van der Waals surface area contributed by atoms with Gasteiger partial charge in [-0.2, -0.15) is 0 Å². The standard InChI is InChI=1S/C32H28ClN3O5S/c33-25-11-13-26(14-12-25)42(39,40)36-19-17-23-20-24(10-15-27(23)36)32(38)35-21-30(41-29-9-5-4-8-28(29)35)31(37)34-18-16-22-6-2-1-3-7-22/h1-15,20,30H,16-19,21H2,(H,34,37)/t30-/m0/s1. The Morgan fingerprint density at radius 1 is 0.905 bits per heavy atom. The van der Waals surface area contributed by atoms with Crippen LogP contribution < -0.4 is 19.3 Å². The van der Waals surface area contributed by atoms with Crippen molar-refractivity contribution in [1.29, 1.82) is 0 Å². The Morgan fingerprint density at radius 2 is 1.64 bits per heavy atom. The molecule has 1 atom stereocenters. The summed E-state index contributed by atoms with van der Waals surface area (Å²) in [6.07, 6.45) is 0.266. The molecular weight excluding hydrogens is 574 g/mol. The number of carbonyl (C=O) groups is 2. The van der Waals surface area contributed by atoms with E-state index in [9.17, 15) is 18.0 Å². The van der Waals surface area contributed by atoms with Crippen LogP contribution in [0.4, 0.5) is 11.4 Å². The number of hydrogen-bond acceptors (Lipinski definition) is 5. The molecule has 4 aromatic rings. The SMILES string of the molecule is O=C(NCCc1ccccc1)[C@@H]1CN(C(=O)c2ccc3c(c2)CCN3S(=O)(=O)c2ccc(Cl)cc2)c2ccccc2O1. The molecule has 0 aliphatic carbocycles. The molecule has 0 radical (unpaired) electrons. The van der Waals surface area contributed by atoms with Gasteiger partial charge in [-0.3, -0.25) is 13.9 Å². The third-order valence-corrected chi connectivity index (χ3v) is 9.53. The molecule has 6 rings (SSSR count). The number of nitrogens with zero attached hydrogens (tertiary/aromatic N) is 2. The van der Waals surface area contributed by atoms with E-state index in [4.69, 9.17) is 16.3 Å². The molecule has 0 fully saturated rings. The van der Waals surface area contributed by atoms with E-state index in [0.717, 1.165) is 11.1 Å². The Balaban J connectivity index is 1.20. The first kappa shape index (κ1) is 27.8. The van der Waals surface area contributed by atoms with E-state index < -0.39 is 16.1 Å². The van der Waals surface area contributed by atoms with Crippen LogP contribution in [-0.2, 0) is 27.7 Å². The zero-order valence-corrected chi connectivity index (χ0v) is 24.1. The Kier molecular flexibility index (Phi) is 7.62. The van der Waals surface area contributed by atoms with Crippen molar-refractivity contribution in [2.75, 3.05) is 28.8 Å². The molecule has 1 N–H and O–H groups in total. The van der Waals surface area contributed by atoms with Crippen molar-refractivity contribution in [2.45, 2.75) is 23.8 Å². The van der Waals surface area contributed by atoms with Crippen molar-refractivity contribution in [1.82, 2.24) is 5.32 Å². The highest BCUT2D eigenvalue weighted by molar-refractivity contribution is 7.92. The lowest BCUT2D eigenvalue weighted by atomic mass is 10.1. The maximum atomic E-state index is 13.9. The second-order valence-electron chi connectivity index (χ2n) is 10.1. The number of carbonyl (C=O) groups excluding carboxylic acids is 2. The number of nitrogens with one attached hydrogen (secondary N) is 1. The van der Waals surface area contributed by atoms with Crippen molar-refractivity contribution in [3.63, 3.8) is 0 Å². The number of halogens is 1. The minimum absolute atomic E-state index is 0.0428. The van der Waals surface area contributed by atoms with Crippen LogP contribution in [0.15, 0.2) is 102 Å². The summed E-state index contributed by atoms with van der Waals surface area (Å²) in [6.45, 7) is 0.753. The molecular formula is C32H28ClN3O5S. The largest absolute Gasteiger partial charge is 0.477 e. The third-order valence-electron chi connectivity index (χ3n) is 7.45. The molecule has 214 valence electrons. The Morgan fingerprint density at radius 3 is 2.43 bits per heavy atom. The van der Waals surface area contributed by atoms with Crippen LogP contribution in [0.5, 0.6) is 5.75 Å². The summed E-state index contributed by atoms with van der Waals surface area (Å²) in [4.78, 5) is 28.6. The van der Waals surface area contributed by atoms with Gasteiger partial charge in [0.25, 0.3) is 21.8 Å². The summed E-state index contributed by atoms with van der Waals surface area (Å²) < 4.78 is 34.0. The topological polar surface area (TPSA) is 96.0 Å². The zero-order valence-electron chi connectivity index (χ0n) is 22.6. The Hall–Kier alpha value is -4.34. The number of amides is 2. The monoisotopic (exact) mass is 601 g/mol. The van der Waals surface area contributed by atoms with E-state index in [2.05, 4.69) is 5.32 Å². The maximum absolute atomic E-state index is 13.9. The molecule has 2 amide bonds. The number of anilines is 2. The van der Waals surface area contributed by atoms with E-state index in [0.29, 0.717) is 47.1 Å². The van der Waals surface area contributed by atoms with Crippen molar-refractivity contribution < 1.29 is 22.7 Å². The van der Waals surface area contributed by atoms with Gasteiger partial charge in [-0.1, -0.05) is 54.1 Å². The summed E-state index contributed by atoms with van der Waals surface area (Å²) in [5.41, 5.74) is 3.39. The lowest BCUT2D eigenvalue weighted by Gasteiger charge is -2.34. The number of fused-ring (bicyclic) bond motifs is 2. The molecule has 0 saturated heterocycles. The van der Waals surface area contributed by atoms with Gasteiger partial charge in [0.15, 0.2) is 6.10 Å². The molecule has 0 unspecified atom stereocenters. The third kappa shape index (κ3) is 5.45. The van der Waals surface area contributed by atoms with Crippen molar-refractivity contribution in [2.24, 2.45) is 0 Å². The van der Waals surface area contributed by atoms with Crippen molar-refractivity contribution >= 4 is 44.8 Å². The molecule has 2 aliphatic rings. The molecule has 0 saturated carbocycles. The summed E-state index contributed by atoms with van der Waals surface area (Å²) in [7, 11) is -3.79. The molecule has 8 nitrogen and oxygen atoms in total. The van der Waals surface area contributed by atoms with Gasteiger partial charge >= 0.3 is 0 Å². The van der Waals surface area contributed by atoms with Crippen LogP contribution in [0.25, 0.3) is 0 Å². The van der Waals surface area contributed by atoms with Crippen LogP contribution >= 0.6 is 11.6 Å². The van der Waals surface area contributed by atoms with Gasteiger partial charge in [-0.05, 0) is 78.6 Å². The second kappa shape index (κ2) is 11.5. The van der Waals surface area contributed by atoms with Crippen molar-refractivity contribution in [3.05, 3.63) is 119 Å². The number of rotatable bonds is 7. The molecule has 10 heteroatoms. The Labute approximate surface area is 249 Å². The fourth-order valence-electron chi connectivity index (χ4n) is 5.30. The van der Waals surface area contributed by atoms with E-state index >= 15 is 0 Å². The number of hydrogen-bond donors (Lipinski definition) is 1. The molecule has 4 aromatic carbocycles. The van der Waals surface area contributed by atoms with Crippen LogP contribution in [0.1, 0.15) is 21.5 Å². The van der Waals surface area contributed by atoms with E-state index in [-0.39, 0.29) is 29.8 Å². The van der Waals surface area contributed by atoms with Gasteiger partial charge in [0.05, 0.1) is 22.8 Å². The molecule has 2 heterocycles. The average molecular weight is 602 g/mol. The predicted molar refractivity (Wildman–Crippen MR) is 162 cm³/mol. The number of benzene rings is 4. The summed E-state index contributed by atoms with van der Waals surface area (Å²) in [5, 5.41) is 3.38. The van der Waals surface area contributed by atoms with Crippen LogP contribution in [-0.4, -0.2) is 46.0 Å². The first-order valence-electron chi connectivity index (χ1n) is 13.6. The first-order chi connectivity index (χ1) is 20.3. The second-order valence-corrected chi connectivity index (χ2v) is 12.4. The van der Waals surface area contributed by atoms with Crippen LogP contribution in [0.2, 0.25) is 5.02 Å². The maximum Gasteiger partial charge on any atom is 0.264 e. The van der Waals surface area contributed by atoms with Gasteiger partial charge in [0.2, 0.25) is 0 Å². The smallest absolute Gasteiger partial charge is 0.264 e. The normalized spacial score (nSPS) is 15.9. The van der Waals surface area contributed by atoms with Gasteiger partial charge in [0.1, 0.15) is 5.75 Å². The van der Waals surface area contributed by atoms with Crippen molar-refractivity contribution in [3.8, 4) is 5.75 Å². The number of sulfonamides is 1. The fourth-order valence-corrected chi connectivity index (χ4v) is 6.92. The Bertz CT molecular complexity index is 1750. The zero-order chi connectivity index (χ0) is 29.3. The molecule has 42 heavy (non-hydrogen) atoms. The van der Waals surface area contributed by atoms with Gasteiger partial charge in [-0.25, -0.2) is 8.42 Å². The van der Waals surface area contributed by atoms with Gasteiger partial charge < -0.3 is 15.0 Å². The molecule has 0 aromatic heterocycles. The minimum Gasteiger partial charge on any atom is -0.477 e. The van der Waals surface area contributed by atoms with Gasteiger partial charge in [0, 0.05) is 23.7 Å². The average Bonchev–Trinajstić information content (AvgIpc) is 3.45. The minimum atomic E-state index is -3.79. The molecule has 2 aliphatic heterocycles. The summed E-state index contributed by atoms with van der Waals surface area (Å²) >= 11 is 5.94. The lowest BCUT2D eigenvalue weighted by molar-refractivity contribution is -0.127. The molecule has 0 spiro atoms. The van der Waals surface area contributed by atoms with E-state index in [1.165, 1.54) is 16.4 Å². The van der Waals surface area contributed by atoms with Crippen LogP contribution in [0, 0.1) is 0 Å². The highest BCUT2D eigenvalue weighted by Gasteiger charge is 2.36. The highest BCUT2D eigenvalue weighted by Crippen LogP contribution is 2.37. The number of para-hydroxylation sites is 2.